The van der Waals surface area contributed by atoms with E-state index in [4.69, 9.17) is 4.74 Å². The molecule has 2 aliphatic heterocycles. The van der Waals surface area contributed by atoms with Crippen molar-refractivity contribution in [2.45, 2.75) is 39.0 Å². The van der Waals surface area contributed by atoms with Crippen molar-refractivity contribution in [2.24, 2.45) is 5.41 Å². The zero-order valence-corrected chi connectivity index (χ0v) is 12.6. The van der Waals surface area contributed by atoms with Crippen molar-refractivity contribution < 1.29 is 4.74 Å². The summed E-state index contributed by atoms with van der Waals surface area (Å²) in [4.78, 5) is 2.64. The number of hydrogen-bond acceptors (Lipinski definition) is 3. The Hall–Kier alpha value is -0.900. The van der Waals surface area contributed by atoms with E-state index >= 15 is 0 Å². The predicted octanol–water partition coefficient (Wildman–Crippen LogP) is 2.28. The Labute approximate surface area is 122 Å². The molecule has 0 amide bonds. The molecule has 3 atom stereocenters. The topological polar surface area (TPSA) is 24.5 Å². The molecule has 0 saturated carbocycles. The third-order valence-corrected chi connectivity index (χ3v) is 4.91. The van der Waals surface area contributed by atoms with Gasteiger partial charge in [-0.25, -0.2) is 0 Å². The van der Waals surface area contributed by atoms with Gasteiger partial charge >= 0.3 is 0 Å². The number of nitrogens with one attached hydrogen (secondary N) is 1. The van der Waals surface area contributed by atoms with Crippen molar-refractivity contribution >= 4 is 0 Å². The van der Waals surface area contributed by atoms with Crippen LogP contribution in [0.15, 0.2) is 30.3 Å². The van der Waals surface area contributed by atoms with E-state index < -0.39 is 0 Å². The van der Waals surface area contributed by atoms with Crippen LogP contribution in [-0.2, 0) is 11.3 Å². The standard InChI is InChI=1S/C17H26N2O/c1-3-17(2)12-19(11-14-7-5-4-6-8-14)15-9-18-10-16(15)20-13-17/h4-8,15-16,18H,3,9-13H2,1-2H3. The Morgan fingerprint density at radius 2 is 2.10 bits per heavy atom. The van der Waals surface area contributed by atoms with Crippen LogP contribution in [0.4, 0.5) is 0 Å². The summed E-state index contributed by atoms with van der Waals surface area (Å²) in [7, 11) is 0. The Balaban J connectivity index is 1.80. The second-order valence-electron chi connectivity index (χ2n) is 6.63. The van der Waals surface area contributed by atoms with Crippen molar-refractivity contribution in [3.63, 3.8) is 0 Å². The lowest BCUT2D eigenvalue weighted by Crippen LogP contribution is -2.44. The first kappa shape index (κ1) is 14.1. The van der Waals surface area contributed by atoms with E-state index in [1.54, 1.807) is 0 Å². The maximum atomic E-state index is 6.20. The summed E-state index contributed by atoms with van der Waals surface area (Å²) >= 11 is 0. The van der Waals surface area contributed by atoms with E-state index in [-0.39, 0.29) is 5.41 Å². The highest BCUT2D eigenvalue weighted by atomic mass is 16.5. The summed E-state index contributed by atoms with van der Waals surface area (Å²) < 4.78 is 6.20. The van der Waals surface area contributed by atoms with Gasteiger partial charge in [-0.2, -0.15) is 0 Å². The predicted molar refractivity (Wildman–Crippen MR) is 81.6 cm³/mol. The molecule has 0 radical (unpaired) electrons. The number of benzene rings is 1. The summed E-state index contributed by atoms with van der Waals surface area (Å²) in [6.45, 7) is 9.73. The second-order valence-corrected chi connectivity index (χ2v) is 6.63. The first-order chi connectivity index (χ1) is 9.70. The van der Waals surface area contributed by atoms with Gasteiger partial charge in [0.1, 0.15) is 0 Å². The first-order valence-electron chi connectivity index (χ1n) is 7.80. The summed E-state index contributed by atoms with van der Waals surface area (Å²) in [5.41, 5.74) is 1.68. The highest BCUT2D eigenvalue weighted by Gasteiger charge is 2.40. The highest BCUT2D eigenvalue weighted by molar-refractivity contribution is 5.15. The van der Waals surface area contributed by atoms with Crippen LogP contribution in [0, 0.1) is 5.41 Å². The van der Waals surface area contributed by atoms with Crippen molar-refractivity contribution in [3.05, 3.63) is 35.9 Å². The van der Waals surface area contributed by atoms with Crippen molar-refractivity contribution in [2.75, 3.05) is 26.2 Å². The molecule has 3 nitrogen and oxygen atoms in total. The summed E-state index contributed by atoms with van der Waals surface area (Å²) in [5, 5.41) is 3.49. The van der Waals surface area contributed by atoms with Crippen LogP contribution in [0.1, 0.15) is 25.8 Å². The van der Waals surface area contributed by atoms with Crippen LogP contribution in [0.5, 0.6) is 0 Å². The van der Waals surface area contributed by atoms with Gasteiger partial charge in [0.2, 0.25) is 0 Å². The van der Waals surface area contributed by atoms with Gasteiger partial charge in [0.25, 0.3) is 0 Å². The molecule has 1 aromatic rings. The molecule has 0 aromatic heterocycles. The van der Waals surface area contributed by atoms with Gasteiger partial charge in [-0.1, -0.05) is 44.2 Å². The van der Waals surface area contributed by atoms with Crippen molar-refractivity contribution in [3.8, 4) is 0 Å². The van der Waals surface area contributed by atoms with Crippen LogP contribution in [0.2, 0.25) is 0 Å². The Morgan fingerprint density at radius 1 is 1.30 bits per heavy atom. The number of fused-ring (bicyclic) bond motifs is 1. The molecule has 3 rings (SSSR count). The minimum atomic E-state index is 0.277. The summed E-state index contributed by atoms with van der Waals surface area (Å²) in [6.07, 6.45) is 1.53. The lowest BCUT2D eigenvalue weighted by molar-refractivity contribution is 0.0178. The van der Waals surface area contributed by atoms with Crippen LogP contribution in [0.3, 0.4) is 0 Å². The SMILES string of the molecule is CCC1(C)COC2CNCC2N(Cc2ccccc2)C1. The molecule has 1 N–H and O–H groups in total. The fourth-order valence-electron chi connectivity index (χ4n) is 3.34. The van der Waals surface area contributed by atoms with E-state index in [1.165, 1.54) is 12.0 Å². The monoisotopic (exact) mass is 274 g/mol. The average Bonchev–Trinajstić information content (AvgIpc) is 2.90. The quantitative estimate of drug-likeness (QED) is 0.915. The number of ether oxygens (including phenoxy) is 1. The number of rotatable bonds is 3. The van der Waals surface area contributed by atoms with E-state index in [2.05, 4.69) is 54.4 Å². The molecular formula is C17H26N2O. The van der Waals surface area contributed by atoms with Gasteiger partial charge in [-0.3, -0.25) is 4.90 Å². The molecule has 2 aliphatic rings. The molecule has 2 fully saturated rings. The van der Waals surface area contributed by atoms with E-state index in [9.17, 15) is 0 Å². The van der Waals surface area contributed by atoms with Gasteiger partial charge in [-0.05, 0) is 12.0 Å². The normalized spacial score (nSPS) is 34.7. The van der Waals surface area contributed by atoms with E-state index in [0.717, 1.165) is 32.8 Å². The molecule has 0 spiro atoms. The third kappa shape index (κ3) is 2.90. The highest BCUT2D eigenvalue weighted by Crippen LogP contribution is 2.31. The summed E-state index contributed by atoms with van der Waals surface area (Å²) in [6, 6.07) is 11.3. The second kappa shape index (κ2) is 5.84. The minimum absolute atomic E-state index is 0.277. The third-order valence-electron chi connectivity index (χ3n) is 4.91. The first-order valence-corrected chi connectivity index (χ1v) is 7.80. The minimum Gasteiger partial charge on any atom is -0.375 e. The van der Waals surface area contributed by atoms with Gasteiger partial charge in [0, 0.05) is 37.6 Å². The molecule has 3 unspecified atom stereocenters. The molecule has 20 heavy (non-hydrogen) atoms. The lowest BCUT2D eigenvalue weighted by Gasteiger charge is -2.34. The summed E-state index contributed by atoms with van der Waals surface area (Å²) in [5.74, 6) is 0. The van der Waals surface area contributed by atoms with Gasteiger partial charge in [0.15, 0.2) is 0 Å². The molecular weight excluding hydrogens is 248 g/mol. The molecule has 1 aromatic carbocycles. The molecule has 0 bridgehead atoms. The van der Waals surface area contributed by atoms with Gasteiger partial charge < -0.3 is 10.1 Å². The zero-order chi connectivity index (χ0) is 14.0. The van der Waals surface area contributed by atoms with Crippen LogP contribution >= 0.6 is 0 Å². The van der Waals surface area contributed by atoms with Crippen molar-refractivity contribution in [1.29, 1.82) is 0 Å². The zero-order valence-electron chi connectivity index (χ0n) is 12.6. The fraction of sp³-hybridized carbons (Fsp3) is 0.647. The number of nitrogens with zero attached hydrogens (tertiary/aromatic N) is 1. The molecule has 3 heteroatoms. The lowest BCUT2D eigenvalue weighted by atomic mass is 9.88. The Kier molecular flexibility index (Phi) is 4.11. The van der Waals surface area contributed by atoms with Gasteiger partial charge in [0.05, 0.1) is 12.7 Å². The maximum Gasteiger partial charge on any atom is 0.0867 e. The molecule has 0 aliphatic carbocycles. The van der Waals surface area contributed by atoms with Crippen LogP contribution in [-0.4, -0.2) is 43.3 Å². The van der Waals surface area contributed by atoms with Gasteiger partial charge in [-0.15, -0.1) is 0 Å². The van der Waals surface area contributed by atoms with Crippen LogP contribution < -0.4 is 5.32 Å². The van der Waals surface area contributed by atoms with Crippen LogP contribution in [0.25, 0.3) is 0 Å². The Bertz CT molecular complexity index is 436. The van der Waals surface area contributed by atoms with E-state index in [1.807, 2.05) is 0 Å². The molecule has 2 saturated heterocycles. The Morgan fingerprint density at radius 3 is 2.85 bits per heavy atom. The fourth-order valence-corrected chi connectivity index (χ4v) is 3.34. The van der Waals surface area contributed by atoms with Crippen molar-refractivity contribution in [1.82, 2.24) is 10.2 Å². The molecule has 110 valence electrons. The largest absolute Gasteiger partial charge is 0.375 e. The number of hydrogen-bond donors (Lipinski definition) is 1. The smallest absolute Gasteiger partial charge is 0.0867 e. The maximum absolute atomic E-state index is 6.20. The van der Waals surface area contributed by atoms with E-state index in [0.29, 0.717) is 12.1 Å². The average molecular weight is 274 g/mol. The molecule has 2 heterocycles.